The summed E-state index contributed by atoms with van der Waals surface area (Å²) in [6.07, 6.45) is 0.249. The first-order valence-electron chi connectivity index (χ1n) is 8.70. The number of methoxy groups -OCH3 is 1. The number of rotatable bonds is 7. The van der Waals surface area contributed by atoms with Crippen molar-refractivity contribution in [1.82, 2.24) is 10.6 Å². The topological polar surface area (TPSA) is 91.9 Å². The predicted molar refractivity (Wildman–Crippen MR) is 104 cm³/mol. The number of nitrogens with one attached hydrogen (secondary N) is 3. The molecule has 1 heterocycles. The van der Waals surface area contributed by atoms with Crippen molar-refractivity contribution in [2.45, 2.75) is 45.1 Å². The summed E-state index contributed by atoms with van der Waals surface area (Å²) in [5, 5.41) is 19.0. The zero-order valence-corrected chi connectivity index (χ0v) is 16.1. The number of thiocarbonyl (C=S) groups is 1. The van der Waals surface area contributed by atoms with E-state index >= 15 is 0 Å². The fourth-order valence-corrected chi connectivity index (χ4v) is 2.96. The molecular formula is C18H27N3O4S. The third kappa shape index (κ3) is 6.12. The van der Waals surface area contributed by atoms with Crippen molar-refractivity contribution in [3.05, 3.63) is 24.3 Å². The molecule has 0 aromatic heterocycles. The SMILES string of the molecule is COc1ccc(NC(=S)N[C@@H](CC(C)C)C(=O)N[C@H]2CCOC2O)cc1. The van der Waals surface area contributed by atoms with Gasteiger partial charge in [-0.3, -0.25) is 4.79 Å². The molecule has 1 amide bonds. The molecule has 4 N–H and O–H groups in total. The molecule has 0 bridgehead atoms. The second kappa shape index (κ2) is 9.70. The summed E-state index contributed by atoms with van der Waals surface area (Å²) in [4.78, 5) is 12.6. The fraction of sp³-hybridized carbons (Fsp3) is 0.556. The average Bonchev–Trinajstić information content (AvgIpc) is 2.99. The van der Waals surface area contributed by atoms with Crippen LogP contribution in [0, 0.1) is 5.92 Å². The molecule has 0 radical (unpaired) electrons. The summed E-state index contributed by atoms with van der Waals surface area (Å²) >= 11 is 5.34. The van der Waals surface area contributed by atoms with Gasteiger partial charge in [0.15, 0.2) is 11.4 Å². The lowest BCUT2D eigenvalue weighted by Crippen LogP contribution is -2.52. The van der Waals surface area contributed by atoms with Gasteiger partial charge in [-0.2, -0.15) is 0 Å². The van der Waals surface area contributed by atoms with Crippen molar-refractivity contribution in [3.63, 3.8) is 0 Å². The molecule has 1 aliphatic rings. The first-order chi connectivity index (χ1) is 12.4. The lowest BCUT2D eigenvalue weighted by atomic mass is 10.0. The van der Waals surface area contributed by atoms with Crippen LogP contribution in [-0.4, -0.2) is 48.2 Å². The van der Waals surface area contributed by atoms with Crippen LogP contribution in [0.1, 0.15) is 26.7 Å². The molecule has 1 fully saturated rings. The van der Waals surface area contributed by atoms with Gasteiger partial charge in [0.05, 0.1) is 19.8 Å². The fourth-order valence-electron chi connectivity index (χ4n) is 2.70. The molecular weight excluding hydrogens is 354 g/mol. The molecule has 1 unspecified atom stereocenters. The minimum absolute atomic E-state index is 0.202. The van der Waals surface area contributed by atoms with Crippen LogP contribution < -0.4 is 20.7 Å². The summed E-state index contributed by atoms with van der Waals surface area (Å²) in [5.41, 5.74) is 0.798. The zero-order valence-electron chi connectivity index (χ0n) is 15.3. The Morgan fingerprint density at radius 3 is 2.62 bits per heavy atom. The first-order valence-corrected chi connectivity index (χ1v) is 9.11. The summed E-state index contributed by atoms with van der Waals surface area (Å²) in [6, 6.07) is 6.45. The summed E-state index contributed by atoms with van der Waals surface area (Å²) < 4.78 is 10.2. The molecule has 7 nitrogen and oxygen atoms in total. The van der Waals surface area contributed by atoms with Gasteiger partial charge in [0.25, 0.3) is 0 Å². The van der Waals surface area contributed by atoms with Gasteiger partial charge in [-0.05, 0) is 55.2 Å². The first kappa shape index (κ1) is 20.4. The molecule has 1 saturated heterocycles. The standard InChI is InChI=1S/C18H27N3O4S/c1-11(2)10-15(16(22)20-14-8-9-25-17(14)23)21-18(26)19-12-4-6-13(24-3)7-5-12/h4-7,11,14-15,17,23H,8-10H2,1-3H3,(H,20,22)(H2,19,21,26)/t14-,15-,17?/m0/s1. The minimum atomic E-state index is -0.956. The van der Waals surface area contributed by atoms with Crippen LogP contribution in [0.5, 0.6) is 5.75 Å². The lowest BCUT2D eigenvalue weighted by Gasteiger charge is -2.24. The molecule has 0 spiro atoms. The van der Waals surface area contributed by atoms with Gasteiger partial charge >= 0.3 is 0 Å². The Morgan fingerprint density at radius 2 is 2.08 bits per heavy atom. The predicted octanol–water partition coefficient (Wildman–Crippen LogP) is 1.62. The Labute approximate surface area is 159 Å². The zero-order chi connectivity index (χ0) is 19.1. The maximum Gasteiger partial charge on any atom is 0.242 e. The van der Waals surface area contributed by atoms with Gasteiger partial charge in [-0.15, -0.1) is 0 Å². The van der Waals surface area contributed by atoms with Crippen molar-refractivity contribution in [1.29, 1.82) is 0 Å². The number of benzene rings is 1. The largest absolute Gasteiger partial charge is 0.497 e. The Morgan fingerprint density at radius 1 is 1.38 bits per heavy atom. The monoisotopic (exact) mass is 381 g/mol. The van der Waals surface area contributed by atoms with Gasteiger partial charge in [0, 0.05) is 5.69 Å². The van der Waals surface area contributed by atoms with Crippen LogP contribution in [0.4, 0.5) is 5.69 Å². The molecule has 0 saturated carbocycles. The highest BCUT2D eigenvalue weighted by Gasteiger charge is 2.30. The highest BCUT2D eigenvalue weighted by atomic mass is 32.1. The van der Waals surface area contributed by atoms with Gasteiger partial charge in [-0.1, -0.05) is 13.8 Å². The number of aliphatic hydroxyl groups is 1. The molecule has 144 valence electrons. The van der Waals surface area contributed by atoms with Crippen molar-refractivity contribution >= 4 is 28.9 Å². The number of ether oxygens (including phenoxy) is 2. The Bertz CT molecular complexity index is 609. The van der Waals surface area contributed by atoms with E-state index in [1.54, 1.807) is 7.11 Å². The molecule has 2 rings (SSSR count). The van der Waals surface area contributed by atoms with E-state index < -0.39 is 12.3 Å². The van der Waals surface area contributed by atoms with E-state index in [1.165, 1.54) is 0 Å². The van der Waals surface area contributed by atoms with Crippen molar-refractivity contribution < 1.29 is 19.4 Å². The van der Waals surface area contributed by atoms with E-state index in [0.717, 1.165) is 11.4 Å². The molecule has 1 aromatic carbocycles. The lowest BCUT2D eigenvalue weighted by molar-refractivity contribution is -0.127. The molecule has 26 heavy (non-hydrogen) atoms. The molecule has 0 aliphatic carbocycles. The van der Waals surface area contributed by atoms with Crippen LogP contribution in [0.25, 0.3) is 0 Å². The number of carbonyl (C=O) groups is 1. The Balaban J connectivity index is 1.94. The van der Waals surface area contributed by atoms with E-state index in [4.69, 9.17) is 21.7 Å². The van der Waals surface area contributed by atoms with Crippen LogP contribution in [-0.2, 0) is 9.53 Å². The molecule has 1 aromatic rings. The van der Waals surface area contributed by atoms with Gasteiger partial charge in [0.2, 0.25) is 5.91 Å². The average molecular weight is 381 g/mol. The van der Waals surface area contributed by atoms with E-state index in [2.05, 4.69) is 16.0 Å². The van der Waals surface area contributed by atoms with Gasteiger partial charge < -0.3 is 30.5 Å². The number of carbonyl (C=O) groups excluding carboxylic acids is 1. The molecule has 3 atom stereocenters. The summed E-state index contributed by atoms with van der Waals surface area (Å²) in [6.45, 7) is 4.51. The van der Waals surface area contributed by atoms with Gasteiger partial charge in [-0.25, -0.2) is 0 Å². The van der Waals surface area contributed by atoms with E-state index in [0.29, 0.717) is 30.5 Å². The summed E-state index contributed by atoms with van der Waals surface area (Å²) in [7, 11) is 1.61. The number of hydrogen-bond donors (Lipinski definition) is 4. The third-order valence-corrected chi connectivity index (χ3v) is 4.29. The number of anilines is 1. The molecule has 1 aliphatic heterocycles. The Kier molecular flexibility index (Phi) is 7.62. The number of hydrogen-bond acceptors (Lipinski definition) is 5. The molecule has 8 heteroatoms. The van der Waals surface area contributed by atoms with Crippen LogP contribution in [0.15, 0.2) is 24.3 Å². The van der Waals surface area contributed by atoms with Crippen LogP contribution in [0.2, 0.25) is 0 Å². The second-order valence-corrected chi connectivity index (χ2v) is 7.08. The quantitative estimate of drug-likeness (QED) is 0.534. The highest BCUT2D eigenvalue weighted by Crippen LogP contribution is 2.15. The van der Waals surface area contributed by atoms with Crippen molar-refractivity contribution in [2.75, 3.05) is 19.0 Å². The van der Waals surface area contributed by atoms with Crippen LogP contribution >= 0.6 is 12.2 Å². The smallest absolute Gasteiger partial charge is 0.242 e. The van der Waals surface area contributed by atoms with Crippen LogP contribution in [0.3, 0.4) is 0 Å². The van der Waals surface area contributed by atoms with E-state index in [9.17, 15) is 9.90 Å². The van der Waals surface area contributed by atoms with Gasteiger partial charge in [0.1, 0.15) is 11.8 Å². The number of amides is 1. The minimum Gasteiger partial charge on any atom is -0.497 e. The number of aliphatic hydroxyl groups excluding tert-OH is 1. The van der Waals surface area contributed by atoms with Crippen molar-refractivity contribution in [2.24, 2.45) is 5.92 Å². The second-order valence-electron chi connectivity index (χ2n) is 6.67. The Hall–Kier alpha value is -1.90. The van der Waals surface area contributed by atoms with E-state index in [-0.39, 0.29) is 11.9 Å². The maximum atomic E-state index is 12.6. The third-order valence-electron chi connectivity index (χ3n) is 4.07. The summed E-state index contributed by atoms with van der Waals surface area (Å²) in [5.74, 6) is 0.850. The van der Waals surface area contributed by atoms with Crippen molar-refractivity contribution in [3.8, 4) is 5.75 Å². The highest BCUT2D eigenvalue weighted by molar-refractivity contribution is 7.80. The van der Waals surface area contributed by atoms with E-state index in [1.807, 2.05) is 38.1 Å². The maximum absolute atomic E-state index is 12.6. The normalized spacial score (nSPS) is 20.5.